The standard InChI is InChI=1S/C11H21N5O3S.ClH/c1-8(5-12)16(4)11(17)9(2)14-20(18,19)10-6-13-15(3)7-10;/h6-9,14H,5,12H2,1-4H3;1H. The van der Waals surface area contributed by atoms with Crippen molar-refractivity contribution in [1.29, 1.82) is 0 Å². The largest absolute Gasteiger partial charge is 0.340 e. The highest BCUT2D eigenvalue weighted by Gasteiger charge is 2.26. The zero-order chi connectivity index (χ0) is 15.5. The predicted octanol–water partition coefficient (Wildman–Crippen LogP) is -0.686. The molecule has 0 fully saturated rings. The summed E-state index contributed by atoms with van der Waals surface area (Å²) in [6.07, 6.45) is 2.59. The third kappa shape index (κ3) is 4.95. The molecule has 0 aliphatic heterocycles. The Morgan fingerprint density at radius 1 is 1.52 bits per heavy atom. The summed E-state index contributed by atoms with van der Waals surface area (Å²) in [5, 5.41) is 3.80. The van der Waals surface area contributed by atoms with Gasteiger partial charge >= 0.3 is 0 Å². The number of nitrogens with two attached hydrogens (primary N) is 1. The van der Waals surface area contributed by atoms with Crippen LogP contribution >= 0.6 is 12.4 Å². The van der Waals surface area contributed by atoms with E-state index in [-0.39, 0.29) is 29.3 Å². The lowest BCUT2D eigenvalue weighted by Gasteiger charge is -2.26. The van der Waals surface area contributed by atoms with Crippen molar-refractivity contribution in [3.8, 4) is 0 Å². The second kappa shape index (κ2) is 7.74. The Kier molecular flexibility index (Phi) is 7.31. The molecule has 3 N–H and O–H groups in total. The second-order valence-electron chi connectivity index (χ2n) is 4.73. The average Bonchev–Trinajstić information content (AvgIpc) is 2.83. The summed E-state index contributed by atoms with van der Waals surface area (Å²) < 4.78 is 27.8. The fraction of sp³-hybridized carbons (Fsp3) is 0.636. The minimum absolute atomic E-state index is 0. The number of aromatic nitrogens is 2. The van der Waals surface area contributed by atoms with Crippen LogP contribution in [0.5, 0.6) is 0 Å². The van der Waals surface area contributed by atoms with Crippen LogP contribution in [-0.4, -0.2) is 54.7 Å². The van der Waals surface area contributed by atoms with Crippen molar-refractivity contribution in [2.24, 2.45) is 12.8 Å². The molecule has 0 aliphatic rings. The first-order chi connectivity index (χ1) is 9.19. The number of amides is 1. The summed E-state index contributed by atoms with van der Waals surface area (Å²) >= 11 is 0. The van der Waals surface area contributed by atoms with Crippen LogP contribution in [0, 0.1) is 0 Å². The molecule has 2 atom stereocenters. The molecule has 0 spiro atoms. The number of aryl methyl sites for hydroxylation is 1. The topological polar surface area (TPSA) is 110 Å². The van der Waals surface area contributed by atoms with Gasteiger partial charge in [0.25, 0.3) is 0 Å². The van der Waals surface area contributed by atoms with Gasteiger partial charge in [-0.25, -0.2) is 8.42 Å². The van der Waals surface area contributed by atoms with Crippen LogP contribution in [0.2, 0.25) is 0 Å². The number of sulfonamides is 1. The normalized spacial score (nSPS) is 14.1. The van der Waals surface area contributed by atoms with E-state index in [9.17, 15) is 13.2 Å². The van der Waals surface area contributed by atoms with E-state index in [4.69, 9.17) is 5.73 Å². The summed E-state index contributed by atoms with van der Waals surface area (Å²) in [6.45, 7) is 3.60. The van der Waals surface area contributed by atoms with Crippen molar-refractivity contribution in [2.75, 3.05) is 13.6 Å². The smallest absolute Gasteiger partial charge is 0.244 e. The van der Waals surface area contributed by atoms with E-state index in [1.54, 1.807) is 21.0 Å². The molecule has 0 aliphatic carbocycles. The molecule has 1 heterocycles. The zero-order valence-electron chi connectivity index (χ0n) is 12.5. The molecule has 0 bridgehead atoms. The number of carbonyl (C=O) groups is 1. The molecule has 21 heavy (non-hydrogen) atoms. The van der Waals surface area contributed by atoms with Gasteiger partial charge in [0.05, 0.1) is 12.2 Å². The first-order valence-corrected chi connectivity index (χ1v) is 7.65. The molecule has 122 valence electrons. The summed E-state index contributed by atoms with van der Waals surface area (Å²) in [6, 6.07) is -1.04. The minimum Gasteiger partial charge on any atom is -0.340 e. The van der Waals surface area contributed by atoms with Gasteiger partial charge in [-0.15, -0.1) is 12.4 Å². The van der Waals surface area contributed by atoms with Crippen LogP contribution in [-0.2, 0) is 21.9 Å². The van der Waals surface area contributed by atoms with Crippen molar-refractivity contribution < 1.29 is 13.2 Å². The summed E-state index contributed by atoms with van der Waals surface area (Å²) in [5.41, 5.74) is 5.49. The van der Waals surface area contributed by atoms with E-state index >= 15 is 0 Å². The van der Waals surface area contributed by atoms with E-state index in [0.717, 1.165) is 0 Å². The van der Waals surface area contributed by atoms with Gasteiger partial charge in [-0.3, -0.25) is 9.48 Å². The van der Waals surface area contributed by atoms with Crippen LogP contribution in [0.3, 0.4) is 0 Å². The van der Waals surface area contributed by atoms with Gasteiger partial charge in [0.2, 0.25) is 15.9 Å². The number of halogens is 1. The maximum absolute atomic E-state index is 12.1. The zero-order valence-corrected chi connectivity index (χ0v) is 14.1. The number of hydrogen-bond acceptors (Lipinski definition) is 5. The maximum Gasteiger partial charge on any atom is 0.244 e. The molecule has 0 saturated carbocycles. The van der Waals surface area contributed by atoms with Gasteiger partial charge in [0.15, 0.2) is 0 Å². The molecular weight excluding hydrogens is 318 g/mol. The SMILES string of the molecule is CC(NS(=O)(=O)c1cnn(C)c1)C(=O)N(C)C(C)CN.Cl. The summed E-state index contributed by atoms with van der Waals surface area (Å²) in [7, 11) is -0.554. The average molecular weight is 340 g/mol. The molecule has 1 aromatic rings. The van der Waals surface area contributed by atoms with Crippen LogP contribution in [0.1, 0.15) is 13.8 Å². The van der Waals surface area contributed by atoms with Gasteiger partial charge in [0, 0.05) is 32.9 Å². The van der Waals surface area contributed by atoms with Gasteiger partial charge in [-0.05, 0) is 13.8 Å². The highest BCUT2D eigenvalue weighted by molar-refractivity contribution is 7.89. The fourth-order valence-electron chi connectivity index (χ4n) is 1.57. The Labute approximate surface area is 131 Å². The molecule has 1 rings (SSSR count). The number of likely N-dealkylation sites (N-methyl/N-ethyl adjacent to an activating group) is 1. The fourth-order valence-corrected chi connectivity index (χ4v) is 2.75. The Morgan fingerprint density at radius 2 is 2.10 bits per heavy atom. The quantitative estimate of drug-likeness (QED) is 0.713. The van der Waals surface area contributed by atoms with Crippen LogP contribution < -0.4 is 10.5 Å². The van der Waals surface area contributed by atoms with E-state index < -0.39 is 16.1 Å². The van der Waals surface area contributed by atoms with Gasteiger partial charge in [-0.2, -0.15) is 9.82 Å². The molecule has 1 amide bonds. The number of rotatable bonds is 6. The highest BCUT2D eigenvalue weighted by Crippen LogP contribution is 2.08. The first kappa shape index (κ1) is 19.8. The van der Waals surface area contributed by atoms with E-state index in [1.807, 2.05) is 0 Å². The van der Waals surface area contributed by atoms with Crippen LogP contribution in [0.15, 0.2) is 17.3 Å². The van der Waals surface area contributed by atoms with Crippen molar-refractivity contribution >= 4 is 28.3 Å². The molecular formula is C11H22ClN5O3S. The number of carbonyl (C=O) groups excluding carboxylic acids is 1. The van der Waals surface area contributed by atoms with Gasteiger partial charge < -0.3 is 10.6 Å². The Balaban J connectivity index is 0.00000400. The lowest BCUT2D eigenvalue weighted by atomic mass is 10.2. The third-order valence-electron chi connectivity index (χ3n) is 3.04. The van der Waals surface area contributed by atoms with Gasteiger partial charge in [-0.1, -0.05) is 0 Å². The molecule has 10 heteroatoms. The summed E-state index contributed by atoms with van der Waals surface area (Å²) in [4.78, 5) is 13.5. The predicted molar refractivity (Wildman–Crippen MR) is 81.5 cm³/mol. The Morgan fingerprint density at radius 3 is 2.52 bits per heavy atom. The van der Waals surface area contributed by atoms with E-state index in [2.05, 4.69) is 9.82 Å². The lowest BCUT2D eigenvalue weighted by Crippen LogP contribution is -2.49. The maximum atomic E-state index is 12.1. The highest BCUT2D eigenvalue weighted by atomic mass is 35.5. The molecule has 0 radical (unpaired) electrons. The van der Waals surface area contributed by atoms with E-state index in [0.29, 0.717) is 6.54 Å². The number of nitrogens with one attached hydrogen (secondary N) is 1. The molecule has 0 aromatic carbocycles. The van der Waals surface area contributed by atoms with E-state index in [1.165, 1.54) is 28.9 Å². The van der Waals surface area contributed by atoms with Crippen molar-refractivity contribution in [2.45, 2.75) is 30.8 Å². The third-order valence-corrected chi connectivity index (χ3v) is 4.54. The Bertz CT molecular complexity index is 574. The molecule has 1 aromatic heterocycles. The van der Waals surface area contributed by atoms with Crippen molar-refractivity contribution in [3.63, 3.8) is 0 Å². The molecule has 2 unspecified atom stereocenters. The van der Waals surface area contributed by atoms with Crippen LogP contribution in [0.4, 0.5) is 0 Å². The lowest BCUT2D eigenvalue weighted by molar-refractivity contribution is -0.132. The second-order valence-corrected chi connectivity index (χ2v) is 6.44. The molecule has 0 saturated heterocycles. The minimum atomic E-state index is -3.76. The van der Waals surface area contributed by atoms with Crippen molar-refractivity contribution in [3.05, 3.63) is 12.4 Å². The van der Waals surface area contributed by atoms with Crippen molar-refractivity contribution in [1.82, 2.24) is 19.4 Å². The first-order valence-electron chi connectivity index (χ1n) is 6.16. The summed E-state index contributed by atoms with van der Waals surface area (Å²) in [5.74, 6) is -0.338. The van der Waals surface area contributed by atoms with Crippen LogP contribution in [0.25, 0.3) is 0 Å². The monoisotopic (exact) mass is 339 g/mol. The number of nitrogens with zero attached hydrogens (tertiary/aromatic N) is 3. The van der Waals surface area contributed by atoms with Gasteiger partial charge in [0.1, 0.15) is 4.90 Å². The number of hydrogen-bond donors (Lipinski definition) is 2. The Hall–Kier alpha value is -1.16. The molecule has 8 nitrogen and oxygen atoms in total.